The molecule has 0 bridgehead atoms. The summed E-state index contributed by atoms with van der Waals surface area (Å²) in [5.41, 5.74) is 0.00966. The zero-order valence-corrected chi connectivity index (χ0v) is 6.71. The number of thiol groups is 1. The molecule has 0 amide bonds. The van der Waals surface area contributed by atoms with Gasteiger partial charge < -0.3 is 4.42 Å². The molecular formula is C7H4O4S. The zero-order chi connectivity index (χ0) is 9.14. The molecule has 0 N–H and O–H groups in total. The smallest absolute Gasteiger partial charge is 0.186 e. The van der Waals surface area contributed by atoms with E-state index >= 15 is 0 Å². The maximum Gasteiger partial charge on any atom is 0.186 e. The first kappa shape index (κ1) is 8.73. The number of hydrogen-bond acceptors (Lipinski definition) is 5. The second-order valence-corrected chi connectivity index (χ2v) is 2.39. The molecule has 62 valence electrons. The van der Waals surface area contributed by atoms with Crippen LogP contribution in [0.25, 0.3) is 0 Å². The van der Waals surface area contributed by atoms with Crippen LogP contribution in [-0.2, 0) is 0 Å². The fourth-order valence-electron chi connectivity index (χ4n) is 0.753. The summed E-state index contributed by atoms with van der Waals surface area (Å²) in [6.45, 7) is 0. The van der Waals surface area contributed by atoms with Gasteiger partial charge in [0.2, 0.25) is 0 Å². The highest BCUT2D eigenvalue weighted by atomic mass is 32.1. The molecular weight excluding hydrogens is 180 g/mol. The molecule has 0 aliphatic heterocycles. The van der Waals surface area contributed by atoms with E-state index < -0.39 is 0 Å². The molecule has 1 heterocycles. The van der Waals surface area contributed by atoms with Crippen LogP contribution >= 0.6 is 12.6 Å². The Balaban J connectivity index is 3.41. The number of carbonyl (C=O) groups excluding carboxylic acids is 3. The molecule has 0 atom stereocenters. The normalized spacial score (nSPS) is 9.42. The quantitative estimate of drug-likeness (QED) is 0.562. The van der Waals surface area contributed by atoms with Gasteiger partial charge in [-0.15, -0.1) is 12.6 Å². The van der Waals surface area contributed by atoms with E-state index in [2.05, 4.69) is 12.6 Å². The van der Waals surface area contributed by atoms with Crippen molar-refractivity contribution >= 4 is 31.5 Å². The van der Waals surface area contributed by atoms with E-state index in [4.69, 9.17) is 4.42 Å². The van der Waals surface area contributed by atoms with E-state index in [9.17, 15) is 14.4 Å². The molecule has 12 heavy (non-hydrogen) atoms. The highest BCUT2D eigenvalue weighted by Gasteiger charge is 2.15. The van der Waals surface area contributed by atoms with Gasteiger partial charge in [-0.2, -0.15) is 0 Å². The highest BCUT2D eigenvalue weighted by Crippen LogP contribution is 2.22. The molecule has 1 aromatic heterocycles. The first-order valence-corrected chi connectivity index (χ1v) is 3.40. The Bertz CT molecular complexity index is 339. The van der Waals surface area contributed by atoms with Crippen LogP contribution in [0.5, 0.6) is 0 Å². The largest absolute Gasteiger partial charge is 0.448 e. The molecule has 0 radical (unpaired) electrons. The predicted octanol–water partition coefficient (Wildman–Crippen LogP) is 1.01. The Kier molecular flexibility index (Phi) is 2.44. The predicted molar refractivity (Wildman–Crippen MR) is 42.1 cm³/mol. The maximum absolute atomic E-state index is 10.4. The van der Waals surface area contributed by atoms with Crippen molar-refractivity contribution in [1.82, 2.24) is 0 Å². The van der Waals surface area contributed by atoms with E-state index in [-0.39, 0.29) is 22.0 Å². The van der Waals surface area contributed by atoms with Crippen molar-refractivity contribution in [1.29, 1.82) is 0 Å². The van der Waals surface area contributed by atoms with Crippen LogP contribution in [0.3, 0.4) is 0 Å². The Morgan fingerprint density at radius 3 is 1.92 bits per heavy atom. The number of hydrogen-bond donors (Lipinski definition) is 1. The molecule has 1 rings (SSSR count). The van der Waals surface area contributed by atoms with Gasteiger partial charge in [0.15, 0.2) is 30.4 Å². The molecule has 4 nitrogen and oxygen atoms in total. The third-order valence-corrected chi connectivity index (χ3v) is 1.77. The van der Waals surface area contributed by atoms with Gasteiger partial charge in [0.05, 0.1) is 10.5 Å². The van der Waals surface area contributed by atoms with Crippen LogP contribution in [0.15, 0.2) is 9.31 Å². The number of rotatable bonds is 3. The van der Waals surface area contributed by atoms with Crippen molar-refractivity contribution in [2.45, 2.75) is 4.90 Å². The van der Waals surface area contributed by atoms with Gasteiger partial charge in [-0.25, -0.2) is 0 Å². The molecule has 0 saturated heterocycles. The fraction of sp³-hybridized carbons (Fsp3) is 0. The van der Waals surface area contributed by atoms with Crippen molar-refractivity contribution in [3.05, 3.63) is 17.1 Å². The summed E-state index contributed by atoms with van der Waals surface area (Å²) < 4.78 is 4.69. The molecule has 0 aromatic carbocycles. The Morgan fingerprint density at radius 1 is 1.00 bits per heavy atom. The van der Waals surface area contributed by atoms with Crippen molar-refractivity contribution < 1.29 is 18.8 Å². The number of aldehydes is 3. The van der Waals surface area contributed by atoms with Crippen LogP contribution in [0.4, 0.5) is 0 Å². The minimum atomic E-state index is -0.169. The van der Waals surface area contributed by atoms with Crippen LogP contribution in [0, 0.1) is 0 Å². The van der Waals surface area contributed by atoms with E-state index in [1.54, 1.807) is 0 Å². The average molecular weight is 184 g/mol. The standard InChI is InChI=1S/C7H4O4S/c8-1-4-5(2-9)11-6(3-10)7(4)12/h1-3,12H. The second-order valence-electron chi connectivity index (χ2n) is 1.95. The first-order valence-electron chi connectivity index (χ1n) is 2.95. The van der Waals surface area contributed by atoms with Crippen LogP contribution in [-0.4, -0.2) is 18.9 Å². The summed E-state index contributed by atoms with van der Waals surface area (Å²) in [7, 11) is 0. The van der Waals surface area contributed by atoms with Gasteiger partial charge >= 0.3 is 0 Å². The van der Waals surface area contributed by atoms with Crippen LogP contribution < -0.4 is 0 Å². The van der Waals surface area contributed by atoms with E-state index in [0.717, 1.165) is 0 Å². The minimum absolute atomic E-state index is 0.00966. The Labute approximate surface area is 73.0 Å². The average Bonchev–Trinajstić information content (AvgIpc) is 2.41. The monoisotopic (exact) mass is 184 g/mol. The summed E-state index contributed by atoms with van der Waals surface area (Å²) in [6, 6.07) is 0. The lowest BCUT2D eigenvalue weighted by Crippen LogP contribution is -1.84. The van der Waals surface area contributed by atoms with Crippen molar-refractivity contribution in [2.24, 2.45) is 0 Å². The van der Waals surface area contributed by atoms with E-state index in [1.165, 1.54) is 0 Å². The number of carbonyl (C=O) groups is 3. The van der Waals surface area contributed by atoms with Gasteiger partial charge in [-0.3, -0.25) is 14.4 Å². The topological polar surface area (TPSA) is 64.3 Å². The van der Waals surface area contributed by atoms with E-state index in [0.29, 0.717) is 18.9 Å². The Hall–Kier alpha value is -1.36. The molecule has 1 aromatic rings. The fourth-order valence-corrected chi connectivity index (χ4v) is 1.01. The van der Waals surface area contributed by atoms with Gasteiger partial charge in [-0.05, 0) is 0 Å². The lowest BCUT2D eigenvalue weighted by molar-refractivity contribution is 0.106. The van der Waals surface area contributed by atoms with Gasteiger partial charge in [0.25, 0.3) is 0 Å². The minimum Gasteiger partial charge on any atom is -0.448 e. The molecule has 0 saturated carbocycles. The Morgan fingerprint density at radius 2 is 1.58 bits per heavy atom. The summed E-state index contributed by atoms with van der Waals surface area (Å²) in [5.74, 6) is -0.278. The summed E-state index contributed by atoms with van der Waals surface area (Å²) in [4.78, 5) is 31.0. The van der Waals surface area contributed by atoms with Crippen molar-refractivity contribution in [2.75, 3.05) is 0 Å². The lowest BCUT2D eigenvalue weighted by Gasteiger charge is -1.82. The summed E-state index contributed by atoms with van der Waals surface area (Å²) in [5, 5.41) is 0. The lowest BCUT2D eigenvalue weighted by atomic mass is 10.3. The van der Waals surface area contributed by atoms with E-state index in [1.807, 2.05) is 0 Å². The van der Waals surface area contributed by atoms with Crippen molar-refractivity contribution in [3.8, 4) is 0 Å². The summed E-state index contributed by atoms with van der Waals surface area (Å²) >= 11 is 3.83. The first-order chi connectivity index (χ1) is 5.74. The molecule has 0 aliphatic rings. The summed E-state index contributed by atoms with van der Waals surface area (Å²) in [6.07, 6.45) is 1.17. The SMILES string of the molecule is O=Cc1oc(C=O)c(C=O)c1S. The second kappa shape index (κ2) is 3.36. The van der Waals surface area contributed by atoms with Crippen LogP contribution in [0.1, 0.15) is 31.5 Å². The molecule has 0 unspecified atom stereocenters. The van der Waals surface area contributed by atoms with Crippen LogP contribution in [0.2, 0.25) is 0 Å². The van der Waals surface area contributed by atoms with Gasteiger partial charge in [0, 0.05) is 0 Å². The number of furan rings is 1. The van der Waals surface area contributed by atoms with Gasteiger partial charge in [-0.1, -0.05) is 0 Å². The third-order valence-electron chi connectivity index (χ3n) is 1.31. The molecule has 5 heteroatoms. The maximum atomic E-state index is 10.4. The molecule has 0 spiro atoms. The molecule has 0 fully saturated rings. The third kappa shape index (κ3) is 1.18. The zero-order valence-electron chi connectivity index (χ0n) is 5.81. The molecule has 0 aliphatic carbocycles. The highest BCUT2D eigenvalue weighted by molar-refractivity contribution is 7.80. The van der Waals surface area contributed by atoms with Crippen molar-refractivity contribution in [3.63, 3.8) is 0 Å². The van der Waals surface area contributed by atoms with Gasteiger partial charge in [0.1, 0.15) is 0 Å².